The molecule has 0 unspecified atom stereocenters. The first kappa shape index (κ1) is 26.2. The fourth-order valence-corrected chi connectivity index (χ4v) is 1.85. The summed E-state index contributed by atoms with van der Waals surface area (Å²) < 4.78 is 10.2. The van der Waals surface area contributed by atoms with E-state index in [-0.39, 0.29) is 31.8 Å². The van der Waals surface area contributed by atoms with Crippen molar-refractivity contribution in [2.45, 2.75) is 45.3 Å². The van der Waals surface area contributed by atoms with E-state index in [0.717, 1.165) is 0 Å². The number of ether oxygens (including phenoxy) is 2. The van der Waals surface area contributed by atoms with E-state index in [1.54, 1.807) is 34.9 Å². The number of likely N-dealkylation sites (N-methyl/N-ethyl adjacent to an activating group) is 3. The number of carbonyl (C=O) groups is 4. The minimum atomic E-state index is -1.34. The van der Waals surface area contributed by atoms with Crippen LogP contribution in [0.4, 0.5) is 9.59 Å². The summed E-state index contributed by atoms with van der Waals surface area (Å²) in [7, 11) is 6.18. The maximum Gasteiger partial charge on any atom is 0.410 e. The SMILES string of the molecule is CN(C)C(=O)/C=C/CC[C@H](OC(=O)N(C)CCN(C)C(=O)OC(C)(C)C)C(=O)O. The Labute approximate surface area is 172 Å². The van der Waals surface area contributed by atoms with Gasteiger partial charge < -0.3 is 29.3 Å². The lowest BCUT2D eigenvalue weighted by Gasteiger charge is -2.26. The van der Waals surface area contributed by atoms with Gasteiger partial charge in [0, 0.05) is 41.3 Å². The van der Waals surface area contributed by atoms with Gasteiger partial charge >= 0.3 is 18.2 Å². The number of nitrogens with zero attached hydrogens (tertiary/aromatic N) is 3. The molecule has 0 rings (SSSR count). The number of rotatable bonds is 9. The molecule has 0 aliphatic rings. The Kier molecular flexibility index (Phi) is 10.8. The van der Waals surface area contributed by atoms with E-state index < -0.39 is 29.9 Å². The number of aliphatic carboxylic acids is 1. The van der Waals surface area contributed by atoms with Crippen LogP contribution in [0.5, 0.6) is 0 Å². The van der Waals surface area contributed by atoms with Crippen LogP contribution in [-0.2, 0) is 19.1 Å². The molecule has 0 radical (unpaired) electrons. The Balaban J connectivity index is 4.54. The van der Waals surface area contributed by atoms with Crippen LogP contribution in [0, 0.1) is 0 Å². The van der Waals surface area contributed by atoms with Gasteiger partial charge in [0.25, 0.3) is 0 Å². The van der Waals surface area contributed by atoms with E-state index in [4.69, 9.17) is 9.47 Å². The van der Waals surface area contributed by atoms with Crippen LogP contribution in [0.3, 0.4) is 0 Å². The van der Waals surface area contributed by atoms with Crippen LogP contribution >= 0.6 is 0 Å². The van der Waals surface area contributed by atoms with E-state index in [2.05, 4.69) is 0 Å². The Morgan fingerprint density at radius 3 is 1.93 bits per heavy atom. The van der Waals surface area contributed by atoms with E-state index in [1.807, 2.05) is 0 Å². The average Bonchev–Trinajstić information content (AvgIpc) is 2.59. The van der Waals surface area contributed by atoms with Gasteiger partial charge in [-0.25, -0.2) is 14.4 Å². The Morgan fingerprint density at radius 2 is 1.48 bits per heavy atom. The number of hydrogen-bond acceptors (Lipinski definition) is 6. The maximum absolute atomic E-state index is 12.1. The van der Waals surface area contributed by atoms with Gasteiger partial charge in [0.15, 0.2) is 0 Å². The monoisotopic (exact) mass is 415 g/mol. The quantitative estimate of drug-likeness (QED) is 0.571. The zero-order chi connectivity index (χ0) is 22.8. The maximum atomic E-state index is 12.1. The Bertz CT molecular complexity index is 611. The lowest BCUT2D eigenvalue weighted by molar-refractivity contribution is -0.147. The molecule has 166 valence electrons. The zero-order valence-corrected chi connectivity index (χ0v) is 18.3. The van der Waals surface area contributed by atoms with Crippen LogP contribution in [-0.4, -0.2) is 96.9 Å². The second kappa shape index (κ2) is 11.9. The van der Waals surface area contributed by atoms with Gasteiger partial charge in [-0.05, 0) is 39.7 Å². The summed E-state index contributed by atoms with van der Waals surface area (Å²) in [6.07, 6.45) is 0.474. The van der Waals surface area contributed by atoms with Gasteiger partial charge in [-0.2, -0.15) is 0 Å². The molecular formula is C19H33N3O7. The number of hydrogen-bond donors (Lipinski definition) is 1. The van der Waals surface area contributed by atoms with Gasteiger partial charge in [0.2, 0.25) is 12.0 Å². The van der Waals surface area contributed by atoms with Gasteiger partial charge in [0.05, 0.1) is 0 Å². The molecule has 0 spiro atoms. The van der Waals surface area contributed by atoms with Crippen molar-refractivity contribution in [3.8, 4) is 0 Å². The molecule has 0 aromatic rings. The standard InChI is InChI=1S/C19H33N3O7/c1-19(2,3)29-18(27)22(7)13-12-21(6)17(26)28-14(16(24)25)10-8-9-11-15(23)20(4)5/h9,11,14H,8,10,12-13H2,1-7H3,(H,24,25)/b11-9+/t14-/m0/s1. The summed E-state index contributed by atoms with van der Waals surface area (Å²) in [4.78, 5) is 50.7. The van der Waals surface area contributed by atoms with Crippen molar-refractivity contribution in [2.24, 2.45) is 0 Å². The molecule has 3 amide bonds. The average molecular weight is 415 g/mol. The van der Waals surface area contributed by atoms with E-state index in [0.29, 0.717) is 0 Å². The summed E-state index contributed by atoms with van der Waals surface area (Å²) in [5.74, 6) is -1.49. The summed E-state index contributed by atoms with van der Waals surface area (Å²) in [5.41, 5.74) is -0.628. The van der Waals surface area contributed by atoms with Gasteiger partial charge in [0.1, 0.15) is 5.60 Å². The molecule has 10 heteroatoms. The highest BCUT2D eigenvalue weighted by molar-refractivity contribution is 5.87. The summed E-state index contributed by atoms with van der Waals surface area (Å²) in [5, 5.41) is 9.24. The van der Waals surface area contributed by atoms with Crippen molar-refractivity contribution in [2.75, 3.05) is 41.3 Å². The minimum absolute atomic E-state index is 0.0317. The molecule has 0 heterocycles. The number of carbonyl (C=O) groups excluding carboxylic acids is 3. The summed E-state index contributed by atoms with van der Waals surface area (Å²) in [6, 6.07) is 0. The van der Waals surface area contributed by atoms with Crippen LogP contribution in [0.15, 0.2) is 12.2 Å². The predicted octanol–water partition coefficient (Wildman–Crippen LogP) is 1.80. The van der Waals surface area contributed by atoms with Crippen molar-refractivity contribution in [1.29, 1.82) is 0 Å². The fraction of sp³-hybridized carbons (Fsp3) is 0.684. The molecule has 0 aromatic heterocycles. The lowest BCUT2D eigenvalue weighted by Crippen LogP contribution is -2.41. The summed E-state index contributed by atoms with van der Waals surface area (Å²) in [6.45, 7) is 5.57. The third-order valence-electron chi connectivity index (χ3n) is 3.60. The molecule has 0 aliphatic heterocycles. The molecule has 0 aliphatic carbocycles. The first-order chi connectivity index (χ1) is 13.2. The molecule has 0 fully saturated rings. The van der Waals surface area contributed by atoms with Gasteiger partial charge in [-0.1, -0.05) is 6.08 Å². The third-order valence-corrected chi connectivity index (χ3v) is 3.60. The molecule has 10 nitrogen and oxygen atoms in total. The second-order valence-corrected chi connectivity index (χ2v) is 7.75. The molecule has 0 bridgehead atoms. The first-order valence-electron chi connectivity index (χ1n) is 9.21. The van der Waals surface area contributed by atoms with Gasteiger partial charge in [-0.15, -0.1) is 0 Å². The fourth-order valence-electron chi connectivity index (χ4n) is 1.85. The lowest BCUT2D eigenvalue weighted by atomic mass is 10.2. The normalized spacial score (nSPS) is 12.2. The molecular weight excluding hydrogens is 382 g/mol. The van der Waals surface area contributed by atoms with Crippen molar-refractivity contribution in [3.05, 3.63) is 12.2 Å². The molecule has 1 N–H and O–H groups in total. The van der Waals surface area contributed by atoms with Crippen molar-refractivity contribution >= 4 is 24.1 Å². The van der Waals surface area contributed by atoms with Crippen molar-refractivity contribution < 1.29 is 33.8 Å². The molecule has 29 heavy (non-hydrogen) atoms. The zero-order valence-electron chi connectivity index (χ0n) is 18.3. The Hall–Kier alpha value is -2.78. The van der Waals surface area contributed by atoms with Crippen LogP contribution in [0.2, 0.25) is 0 Å². The van der Waals surface area contributed by atoms with Crippen molar-refractivity contribution in [3.63, 3.8) is 0 Å². The third kappa shape index (κ3) is 11.6. The highest BCUT2D eigenvalue weighted by atomic mass is 16.6. The Morgan fingerprint density at radius 1 is 0.966 bits per heavy atom. The number of amides is 3. The molecule has 0 saturated carbocycles. The first-order valence-corrected chi connectivity index (χ1v) is 9.21. The number of allylic oxidation sites excluding steroid dienone is 1. The van der Waals surface area contributed by atoms with E-state index in [1.165, 1.54) is 40.9 Å². The predicted molar refractivity (Wildman–Crippen MR) is 106 cm³/mol. The van der Waals surface area contributed by atoms with Crippen LogP contribution in [0.1, 0.15) is 33.6 Å². The van der Waals surface area contributed by atoms with Gasteiger partial charge in [-0.3, -0.25) is 4.79 Å². The largest absolute Gasteiger partial charge is 0.479 e. The number of carboxylic acids is 1. The van der Waals surface area contributed by atoms with Crippen LogP contribution < -0.4 is 0 Å². The molecule has 0 saturated heterocycles. The smallest absolute Gasteiger partial charge is 0.410 e. The van der Waals surface area contributed by atoms with Crippen LogP contribution in [0.25, 0.3) is 0 Å². The van der Waals surface area contributed by atoms with Crippen molar-refractivity contribution in [1.82, 2.24) is 14.7 Å². The van der Waals surface area contributed by atoms with E-state index in [9.17, 15) is 24.3 Å². The highest BCUT2D eigenvalue weighted by Crippen LogP contribution is 2.10. The topological polar surface area (TPSA) is 117 Å². The molecule has 1 atom stereocenters. The second-order valence-electron chi connectivity index (χ2n) is 7.75. The summed E-state index contributed by atoms with van der Waals surface area (Å²) >= 11 is 0. The minimum Gasteiger partial charge on any atom is -0.479 e. The molecule has 0 aromatic carbocycles. The van der Waals surface area contributed by atoms with E-state index >= 15 is 0 Å². The number of carboxylic acid groups (broad SMARTS) is 1. The highest BCUT2D eigenvalue weighted by Gasteiger charge is 2.24.